The van der Waals surface area contributed by atoms with Crippen LogP contribution in [0.2, 0.25) is 0 Å². The lowest BCUT2D eigenvalue weighted by Gasteiger charge is -2.34. The van der Waals surface area contributed by atoms with Gasteiger partial charge in [0.15, 0.2) is 6.10 Å². The number of rotatable bonds is 7. The molecule has 0 heterocycles. The topological polar surface area (TPSA) is 75.7 Å². The number of carbonyl (C=O) groups is 2. The van der Waals surface area contributed by atoms with Crippen LogP contribution in [0, 0.1) is 11.8 Å². The molecule has 0 saturated heterocycles. The molecule has 5 nitrogen and oxygen atoms in total. The van der Waals surface area contributed by atoms with Gasteiger partial charge in [-0.3, -0.25) is 0 Å². The fraction of sp³-hybridized carbons (Fsp3) is 0.417. The average Bonchev–Trinajstić information content (AvgIpc) is 3.33. The lowest BCUT2D eigenvalue weighted by atomic mass is 9.85. The van der Waals surface area contributed by atoms with Crippen LogP contribution in [0.3, 0.4) is 0 Å². The Morgan fingerprint density at radius 1 is 1.10 bits per heavy atom. The highest BCUT2D eigenvalue weighted by atomic mass is 19.3. The number of benzene rings is 2. The molecule has 4 unspecified atom stereocenters. The second-order valence-corrected chi connectivity index (χ2v) is 8.63. The van der Waals surface area contributed by atoms with E-state index in [4.69, 9.17) is 9.47 Å². The molecule has 0 aliphatic heterocycles. The van der Waals surface area contributed by atoms with Crippen LogP contribution in [0.5, 0.6) is 5.75 Å². The van der Waals surface area contributed by atoms with Gasteiger partial charge in [-0.25, -0.2) is 4.79 Å². The lowest BCUT2D eigenvalue weighted by Crippen LogP contribution is -2.47. The summed E-state index contributed by atoms with van der Waals surface area (Å²) in [6.07, 6.45) is 2.26. The van der Waals surface area contributed by atoms with Gasteiger partial charge < -0.3 is 19.4 Å². The molecule has 7 heteroatoms. The van der Waals surface area contributed by atoms with E-state index in [1.807, 2.05) is 0 Å². The third kappa shape index (κ3) is 4.13. The number of carboxylic acids is 1. The predicted octanol–water partition coefficient (Wildman–Crippen LogP) is 3.93. The number of hydrogen-bond acceptors (Lipinski definition) is 5. The molecule has 2 fully saturated rings. The number of halogens is 2. The van der Waals surface area contributed by atoms with E-state index in [1.54, 1.807) is 18.2 Å². The number of hydrogen-bond donors (Lipinski definition) is 0. The van der Waals surface area contributed by atoms with Crippen LogP contribution in [0.15, 0.2) is 54.6 Å². The van der Waals surface area contributed by atoms with Crippen molar-refractivity contribution in [3.63, 3.8) is 0 Å². The van der Waals surface area contributed by atoms with Gasteiger partial charge >= 0.3 is 11.9 Å². The second kappa shape index (κ2) is 7.94. The van der Waals surface area contributed by atoms with Gasteiger partial charge in [0.25, 0.3) is 0 Å². The SMILES string of the molecule is CC1(Oc2ccc(C(=O)OC(c3ccccc3)C(F)(F)C(=O)[O-])cc2)CC2CCC1C2. The van der Waals surface area contributed by atoms with Gasteiger partial charge in [0.05, 0.1) is 5.56 Å². The zero-order valence-electron chi connectivity index (χ0n) is 17.1. The van der Waals surface area contributed by atoms with Crippen LogP contribution in [0.25, 0.3) is 0 Å². The van der Waals surface area contributed by atoms with E-state index in [-0.39, 0.29) is 16.7 Å². The Kier molecular flexibility index (Phi) is 5.45. The van der Waals surface area contributed by atoms with Gasteiger partial charge in [0.1, 0.15) is 17.3 Å². The van der Waals surface area contributed by atoms with Gasteiger partial charge in [-0.2, -0.15) is 8.78 Å². The molecular formula is C24H23F2O5-. The van der Waals surface area contributed by atoms with Crippen molar-refractivity contribution in [1.29, 1.82) is 0 Å². The fourth-order valence-electron chi connectivity index (χ4n) is 4.87. The molecule has 2 aliphatic carbocycles. The maximum atomic E-state index is 14.2. The van der Waals surface area contributed by atoms with E-state index in [0.717, 1.165) is 12.8 Å². The van der Waals surface area contributed by atoms with Crippen molar-refractivity contribution < 1.29 is 33.0 Å². The Morgan fingerprint density at radius 2 is 1.77 bits per heavy atom. The Hall–Kier alpha value is -2.96. The van der Waals surface area contributed by atoms with Crippen molar-refractivity contribution in [2.24, 2.45) is 11.8 Å². The zero-order valence-corrected chi connectivity index (χ0v) is 17.1. The molecule has 2 aliphatic rings. The largest absolute Gasteiger partial charge is 0.544 e. The minimum absolute atomic E-state index is 0.0144. The first-order valence-corrected chi connectivity index (χ1v) is 10.3. The minimum atomic E-state index is -4.39. The highest BCUT2D eigenvalue weighted by Gasteiger charge is 2.50. The maximum absolute atomic E-state index is 14.2. The molecular weight excluding hydrogens is 406 g/mol. The van der Waals surface area contributed by atoms with E-state index in [1.165, 1.54) is 49.2 Å². The Labute approximate surface area is 179 Å². The Bertz CT molecular complexity index is 960. The molecule has 31 heavy (non-hydrogen) atoms. The highest BCUT2D eigenvalue weighted by Crippen LogP contribution is 2.52. The lowest BCUT2D eigenvalue weighted by molar-refractivity contribution is -0.336. The molecule has 0 spiro atoms. The molecule has 2 bridgehead atoms. The minimum Gasteiger partial charge on any atom is -0.544 e. The maximum Gasteiger partial charge on any atom is 0.338 e. The first-order chi connectivity index (χ1) is 14.7. The first kappa shape index (κ1) is 21.3. The van der Waals surface area contributed by atoms with Crippen molar-refractivity contribution in [3.05, 3.63) is 65.7 Å². The molecule has 4 rings (SSSR count). The van der Waals surface area contributed by atoms with Crippen molar-refractivity contribution >= 4 is 11.9 Å². The van der Waals surface area contributed by atoms with Crippen LogP contribution >= 0.6 is 0 Å². The van der Waals surface area contributed by atoms with Crippen LogP contribution in [0.1, 0.15) is 54.6 Å². The summed E-state index contributed by atoms with van der Waals surface area (Å²) in [5.74, 6) is -6.27. The summed E-state index contributed by atoms with van der Waals surface area (Å²) < 4.78 is 39.6. The average molecular weight is 429 g/mol. The van der Waals surface area contributed by atoms with Gasteiger partial charge in [-0.1, -0.05) is 30.3 Å². The van der Waals surface area contributed by atoms with Crippen molar-refractivity contribution in [3.8, 4) is 5.75 Å². The first-order valence-electron chi connectivity index (χ1n) is 10.3. The summed E-state index contributed by atoms with van der Waals surface area (Å²) >= 11 is 0. The Morgan fingerprint density at radius 3 is 2.32 bits per heavy atom. The number of carboxylic acid groups (broad SMARTS) is 1. The van der Waals surface area contributed by atoms with Gasteiger partial charge in [-0.15, -0.1) is 0 Å². The summed E-state index contributed by atoms with van der Waals surface area (Å²) in [7, 11) is 0. The van der Waals surface area contributed by atoms with E-state index < -0.39 is 24.0 Å². The summed E-state index contributed by atoms with van der Waals surface area (Å²) in [6.45, 7) is 2.10. The van der Waals surface area contributed by atoms with E-state index in [2.05, 4.69) is 6.92 Å². The van der Waals surface area contributed by atoms with Crippen molar-refractivity contribution in [2.45, 2.75) is 50.2 Å². The smallest absolute Gasteiger partial charge is 0.338 e. The van der Waals surface area contributed by atoms with Gasteiger partial charge in [-0.05, 0) is 74.3 Å². The fourth-order valence-corrected chi connectivity index (χ4v) is 4.87. The normalized spacial score (nSPS) is 25.8. The molecule has 2 aromatic rings. The predicted molar refractivity (Wildman–Crippen MR) is 105 cm³/mol. The van der Waals surface area contributed by atoms with E-state index >= 15 is 0 Å². The van der Waals surface area contributed by atoms with Gasteiger partial charge in [0, 0.05) is 0 Å². The van der Waals surface area contributed by atoms with Crippen molar-refractivity contribution in [2.75, 3.05) is 0 Å². The molecule has 0 aromatic heterocycles. The number of fused-ring (bicyclic) bond motifs is 2. The molecule has 2 aromatic carbocycles. The summed E-state index contributed by atoms with van der Waals surface area (Å²) in [4.78, 5) is 23.5. The van der Waals surface area contributed by atoms with E-state index in [9.17, 15) is 23.5 Å². The molecule has 0 amide bonds. The summed E-state index contributed by atoms with van der Waals surface area (Å²) in [6, 6.07) is 13.1. The van der Waals surface area contributed by atoms with Crippen LogP contribution in [-0.2, 0) is 9.53 Å². The standard InChI is InChI=1S/C24H24F2O5/c1-23(14-15-7-10-18(23)13-15)31-19-11-8-17(9-12-19)21(27)30-20(24(25,26)22(28)29)16-5-3-2-4-6-16/h2-6,8-9,11-12,15,18,20H,7,10,13-14H2,1H3,(H,28,29)/p-1. The van der Waals surface area contributed by atoms with Crippen LogP contribution in [-0.4, -0.2) is 23.5 Å². The number of ether oxygens (including phenoxy) is 2. The van der Waals surface area contributed by atoms with Crippen LogP contribution in [0.4, 0.5) is 8.78 Å². The number of carbonyl (C=O) groups excluding carboxylic acids is 2. The molecule has 4 atom stereocenters. The van der Waals surface area contributed by atoms with Gasteiger partial charge in [0.2, 0.25) is 0 Å². The molecule has 2 saturated carbocycles. The zero-order chi connectivity index (χ0) is 22.2. The number of esters is 1. The highest BCUT2D eigenvalue weighted by molar-refractivity contribution is 5.90. The summed E-state index contributed by atoms with van der Waals surface area (Å²) in [5.41, 5.74) is -0.366. The third-order valence-electron chi connectivity index (χ3n) is 6.47. The van der Waals surface area contributed by atoms with E-state index in [0.29, 0.717) is 17.6 Å². The molecule has 0 radical (unpaired) electrons. The second-order valence-electron chi connectivity index (χ2n) is 8.63. The molecule has 164 valence electrons. The Balaban J connectivity index is 1.48. The van der Waals surface area contributed by atoms with Crippen molar-refractivity contribution in [1.82, 2.24) is 0 Å². The number of alkyl halides is 2. The van der Waals surface area contributed by atoms with Crippen LogP contribution < -0.4 is 9.84 Å². The molecule has 0 N–H and O–H groups in total. The summed E-state index contributed by atoms with van der Waals surface area (Å²) in [5, 5.41) is 11.0. The number of aliphatic carboxylic acids is 1. The third-order valence-corrected chi connectivity index (χ3v) is 6.47. The monoisotopic (exact) mass is 429 g/mol. The quantitative estimate of drug-likeness (QED) is 0.624.